The fraction of sp³-hybridized carbons (Fsp3) is 0.316. The number of aromatic nitrogens is 3. The molecule has 1 atom stereocenters. The van der Waals surface area contributed by atoms with Gasteiger partial charge in [-0.2, -0.15) is 0 Å². The first-order valence-corrected chi connectivity index (χ1v) is 8.35. The average Bonchev–Trinajstić information content (AvgIpc) is 3.00. The van der Waals surface area contributed by atoms with Gasteiger partial charge < -0.3 is 10.0 Å². The van der Waals surface area contributed by atoms with Crippen LogP contribution in [0.5, 0.6) is 0 Å². The fourth-order valence-corrected chi connectivity index (χ4v) is 2.77. The van der Waals surface area contributed by atoms with Crippen molar-refractivity contribution in [2.24, 2.45) is 0 Å². The summed E-state index contributed by atoms with van der Waals surface area (Å²) in [4.78, 5) is 14.5. The second-order valence-corrected chi connectivity index (χ2v) is 6.16. The molecule has 0 saturated heterocycles. The van der Waals surface area contributed by atoms with Crippen LogP contribution in [-0.4, -0.2) is 43.6 Å². The Morgan fingerprint density at radius 2 is 1.88 bits per heavy atom. The molecule has 0 spiro atoms. The lowest BCUT2D eigenvalue weighted by molar-refractivity contribution is 0.0634. The van der Waals surface area contributed by atoms with Gasteiger partial charge in [0, 0.05) is 12.7 Å². The minimum atomic E-state index is -0.718. The van der Waals surface area contributed by atoms with Crippen LogP contribution in [0.1, 0.15) is 40.3 Å². The van der Waals surface area contributed by atoms with E-state index >= 15 is 0 Å². The molecular formula is C19H22N4O2. The predicted octanol–water partition coefficient (Wildman–Crippen LogP) is 2.54. The molecule has 1 aromatic carbocycles. The lowest BCUT2D eigenvalue weighted by atomic mass is 10.1. The Balaban J connectivity index is 1.79. The highest BCUT2D eigenvalue weighted by Crippen LogP contribution is 2.17. The van der Waals surface area contributed by atoms with Gasteiger partial charge in [0.05, 0.1) is 18.2 Å². The quantitative estimate of drug-likeness (QED) is 0.776. The third-order valence-electron chi connectivity index (χ3n) is 4.34. The zero-order valence-electron chi connectivity index (χ0n) is 14.7. The van der Waals surface area contributed by atoms with Gasteiger partial charge in [0.2, 0.25) is 0 Å². The molecule has 3 rings (SSSR count). The Morgan fingerprint density at radius 3 is 2.56 bits per heavy atom. The molecule has 1 N–H and O–H groups in total. The molecule has 0 aliphatic rings. The molecule has 6 heteroatoms. The van der Waals surface area contributed by atoms with Crippen LogP contribution in [-0.2, 0) is 0 Å². The number of pyridine rings is 1. The number of carbonyl (C=O) groups is 1. The van der Waals surface area contributed by atoms with Crippen molar-refractivity contribution in [2.75, 3.05) is 13.1 Å². The topological polar surface area (TPSA) is 70.7 Å². The second kappa shape index (κ2) is 7.03. The summed E-state index contributed by atoms with van der Waals surface area (Å²) in [5, 5.41) is 18.5. The van der Waals surface area contributed by atoms with Gasteiger partial charge in [-0.15, -0.1) is 10.2 Å². The van der Waals surface area contributed by atoms with E-state index < -0.39 is 6.10 Å². The van der Waals surface area contributed by atoms with Crippen LogP contribution in [0.4, 0.5) is 0 Å². The van der Waals surface area contributed by atoms with E-state index in [4.69, 9.17) is 0 Å². The number of aliphatic hydroxyl groups is 1. The summed E-state index contributed by atoms with van der Waals surface area (Å²) in [5.74, 6) is 0.607. The van der Waals surface area contributed by atoms with Crippen molar-refractivity contribution in [3.63, 3.8) is 0 Å². The maximum atomic E-state index is 12.8. The minimum Gasteiger partial charge on any atom is -0.387 e. The lowest BCUT2D eigenvalue weighted by Gasteiger charge is -2.24. The van der Waals surface area contributed by atoms with Gasteiger partial charge in [0.1, 0.15) is 5.82 Å². The summed E-state index contributed by atoms with van der Waals surface area (Å²) in [7, 11) is 0. The molecule has 2 heterocycles. The normalized spacial score (nSPS) is 12.3. The molecule has 6 nitrogen and oxygen atoms in total. The minimum absolute atomic E-state index is 0.122. The smallest absolute Gasteiger partial charge is 0.255 e. The molecular weight excluding hydrogens is 316 g/mol. The molecule has 0 aliphatic heterocycles. The fourth-order valence-electron chi connectivity index (χ4n) is 2.77. The number of hydrogen-bond acceptors (Lipinski definition) is 4. The number of carbonyl (C=O) groups excluding carboxylic acids is 1. The lowest BCUT2D eigenvalue weighted by Crippen LogP contribution is -2.34. The van der Waals surface area contributed by atoms with Crippen LogP contribution in [0, 0.1) is 13.8 Å². The number of rotatable bonds is 5. The van der Waals surface area contributed by atoms with Crippen molar-refractivity contribution in [1.29, 1.82) is 0 Å². The van der Waals surface area contributed by atoms with Crippen molar-refractivity contribution < 1.29 is 9.90 Å². The van der Waals surface area contributed by atoms with E-state index in [0.717, 1.165) is 17.0 Å². The Hall–Kier alpha value is -2.73. The molecule has 130 valence electrons. The zero-order chi connectivity index (χ0) is 18.0. The predicted molar refractivity (Wildman–Crippen MR) is 95.4 cm³/mol. The maximum absolute atomic E-state index is 12.8. The van der Waals surface area contributed by atoms with Crippen LogP contribution < -0.4 is 0 Å². The number of nitrogens with zero attached hydrogens (tertiary/aromatic N) is 4. The van der Waals surface area contributed by atoms with Crippen LogP contribution in [0.25, 0.3) is 5.65 Å². The molecule has 0 bridgehead atoms. The van der Waals surface area contributed by atoms with E-state index in [1.807, 2.05) is 45.0 Å². The number of aryl methyl sites for hydroxylation is 2. The van der Waals surface area contributed by atoms with Gasteiger partial charge in [-0.05, 0) is 38.5 Å². The molecule has 0 saturated carbocycles. The van der Waals surface area contributed by atoms with Crippen LogP contribution in [0.3, 0.4) is 0 Å². The molecule has 1 unspecified atom stereocenters. The average molecular weight is 338 g/mol. The number of amides is 1. The largest absolute Gasteiger partial charge is 0.387 e. The van der Waals surface area contributed by atoms with E-state index in [1.165, 1.54) is 0 Å². The van der Waals surface area contributed by atoms with E-state index in [2.05, 4.69) is 10.2 Å². The first-order valence-electron chi connectivity index (χ1n) is 8.35. The zero-order valence-corrected chi connectivity index (χ0v) is 14.7. The summed E-state index contributed by atoms with van der Waals surface area (Å²) >= 11 is 0. The Kier molecular flexibility index (Phi) is 4.81. The highest BCUT2D eigenvalue weighted by Gasteiger charge is 2.19. The van der Waals surface area contributed by atoms with E-state index in [1.54, 1.807) is 27.6 Å². The van der Waals surface area contributed by atoms with Crippen molar-refractivity contribution in [3.8, 4) is 0 Å². The third-order valence-corrected chi connectivity index (χ3v) is 4.34. The van der Waals surface area contributed by atoms with Crippen molar-refractivity contribution in [1.82, 2.24) is 19.5 Å². The Bertz CT molecular complexity index is 886. The van der Waals surface area contributed by atoms with E-state index in [-0.39, 0.29) is 12.5 Å². The summed E-state index contributed by atoms with van der Waals surface area (Å²) < 4.78 is 1.79. The summed E-state index contributed by atoms with van der Waals surface area (Å²) in [6.07, 6.45) is 1.03. The van der Waals surface area contributed by atoms with Crippen molar-refractivity contribution in [2.45, 2.75) is 26.9 Å². The van der Waals surface area contributed by atoms with Crippen LogP contribution >= 0.6 is 0 Å². The molecule has 0 fully saturated rings. The number of benzene rings is 1. The summed E-state index contributed by atoms with van der Waals surface area (Å²) in [6.45, 7) is 6.51. The molecule has 3 aromatic rings. The van der Waals surface area contributed by atoms with E-state index in [9.17, 15) is 9.90 Å². The number of hydrogen-bond donors (Lipinski definition) is 1. The highest BCUT2D eigenvalue weighted by molar-refractivity contribution is 5.94. The van der Waals surface area contributed by atoms with Gasteiger partial charge in [0.15, 0.2) is 5.65 Å². The summed E-state index contributed by atoms with van der Waals surface area (Å²) in [5.41, 5.74) is 3.20. The van der Waals surface area contributed by atoms with Crippen molar-refractivity contribution in [3.05, 3.63) is 65.1 Å². The standard InChI is InChI=1S/C19H22N4O2/c1-4-22(12-17(24)15-7-5-13(2)6-8-15)19(25)16-9-10-18-21-20-14(3)23(18)11-16/h5-11,17,24H,4,12H2,1-3H3. The second-order valence-electron chi connectivity index (χ2n) is 6.16. The third kappa shape index (κ3) is 3.53. The van der Waals surface area contributed by atoms with Crippen LogP contribution in [0.2, 0.25) is 0 Å². The van der Waals surface area contributed by atoms with Gasteiger partial charge in [-0.1, -0.05) is 29.8 Å². The van der Waals surface area contributed by atoms with Crippen molar-refractivity contribution >= 4 is 11.6 Å². The van der Waals surface area contributed by atoms with Gasteiger partial charge in [0.25, 0.3) is 5.91 Å². The van der Waals surface area contributed by atoms with Gasteiger partial charge >= 0.3 is 0 Å². The molecule has 0 aliphatic carbocycles. The highest BCUT2D eigenvalue weighted by atomic mass is 16.3. The number of aliphatic hydroxyl groups excluding tert-OH is 1. The monoisotopic (exact) mass is 338 g/mol. The van der Waals surface area contributed by atoms with E-state index in [0.29, 0.717) is 17.8 Å². The molecule has 1 amide bonds. The number of likely N-dealkylation sites (N-methyl/N-ethyl adjacent to an activating group) is 1. The van der Waals surface area contributed by atoms with Crippen LogP contribution in [0.15, 0.2) is 42.6 Å². The first kappa shape index (κ1) is 17.1. The first-order chi connectivity index (χ1) is 12.0. The SMILES string of the molecule is CCN(CC(O)c1ccc(C)cc1)C(=O)c1ccc2nnc(C)n2c1. The van der Waals surface area contributed by atoms with Gasteiger partial charge in [-0.3, -0.25) is 9.20 Å². The summed E-state index contributed by atoms with van der Waals surface area (Å²) in [6, 6.07) is 11.2. The number of fused-ring (bicyclic) bond motifs is 1. The Labute approximate surface area is 146 Å². The molecule has 0 radical (unpaired) electrons. The molecule has 2 aromatic heterocycles. The Morgan fingerprint density at radius 1 is 1.16 bits per heavy atom. The molecule has 25 heavy (non-hydrogen) atoms. The maximum Gasteiger partial charge on any atom is 0.255 e. The van der Waals surface area contributed by atoms with Gasteiger partial charge in [-0.25, -0.2) is 0 Å².